The van der Waals surface area contributed by atoms with E-state index in [1.807, 2.05) is 30.3 Å². The molecule has 1 aliphatic heterocycles. The molecule has 0 radical (unpaired) electrons. The normalized spacial score (nSPS) is 20.4. The van der Waals surface area contributed by atoms with Gasteiger partial charge in [-0.2, -0.15) is 0 Å². The Kier molecular flexibility index (Phi) is 3.80. The topological polar surface area (TPSA) is 43.4 Å². The highest BCUT2D eigenvalue weighted by Gasteiger charge is 2.24. The maximum atomic E-state index is 12.3. The zero-order valence-electron chi connectivity index (χ0n) is 11.5. The summed E-state index contributed by atoms with van der Waals surface area (Å²) >= 11 is 0. The molecule has 1 saturated heterocycles. The molecule has 3 nitrogen and oxygen atoms in total. The Labute approximate surface area is 124 Å². The summed E-state index contributed by atoms with van der Waals surface area (Å²) in [5, 5.41) is 1.26. The first kappa shape index (κ1) is 13.9. The van der Waals surface area contributed by atoms with Crippen LogP contribution in [0, 0.1) is 0 Å². The summed E-state index contributed by atoms with van der Waals surface area (Å²) in [6.07, 6.45) is 1.40. The highest BCUT2D eigenvalue weighted by Crippen LogP contribution is 2.35. The van der Waals surface area contributed by atoms with Crippen LogP contribution in [0.15, 0.2) is 76.7 Å². The van der Waals surface area contributed by atoms with Gasteiger partial charge in [-0.15, -0.1) is 0 Å². The van der Waals surface area contributed by atoms with E-state index in [0.29, 0.717) is 17.1 Å². The summed E-state index contributed by atoms with van der Waals surface area (Å²) < 4.78 is 30.3. The molecular formula is C17H16O3S. The van der Waals surface area contributed by atoms with E-state index in [0.717, 1.165) is 12.0 Å². The van der Waals surface area contributed by atoms with Gasteiger partial charge in [0, 0.05) is 6.42 Å². The Balaban J connectivity index is 1.80. The second kappa shape index (κ2) is 5.74. The fourth-order valence-electron chi connectivity index (χ4n) is 2.41. The number of ether oxygens (including phenoxy) is 1. The smallest absolute Gasteiger partial charge is 0.203 e. The molecule has 1 atom stereocenters. The number of hydrogen-bond acceptors (Lipinski definition) is 3. The van der Waals surface area contributed by atoms with Gasteiger partial charge in [0.15, 0.2) is 0 Å². The standard InChI is InChI=1S/C17H16O3S/c18-21(19,16-9-5-2-6-10-16)13-15-11-12-17(20-15)14-7-3-1-4-8-14/h1-10,13,17H,11-12H2/b15-13+. The zero-order valence-corrected chi connectivity index (χ0v) is 12.3. The molecule has 0 saturated carbocycles. The quantitative estimate of drug-likeness (QED) is 0.864. The average Bonchev–Trinajstić information content (AvgIpc) is 2.97. The first-order chi connectivity index (χ1) is 10.1. The third kappa shape index (κ3) is 3.16. The molecule has 3 rings (SSSR count). The Morgan fingerprint density at radius 2 is 1.57 bits per heavy atom. The molecular weight excluding hydrogens is 284 g/mol. The van der Waals surface area contributed by atoms with Gasteiger partial charge < -0.3 is 4.74 Å². The first-order valence-corrected chi connectivity index (χ1v) is 8.42. The van der Waals surface area contributed by atoms with Gasteiger partial charge in [-0.3, -0.25) is 0 Å². The maximum Gasteiger partial charge on any atom is 0.203 e. The number of sulfone groups is 1. The molecule has 0 aromatic heterocycles. The van der Waals surface area contributed by atoms with Crippen molar-refractivity contribution in [2.45, 2.75) is 23.8 Å². The van der Waals surface area contributed by atoms with Crippen molar-refractivity contribution in [2.24, 2.45) is 0 Å². The third-order valence-electron chi connectivity index (χ3n) is 3.48. The molecule has 1 unspecified atom stereocenters. The second-order valence-electron chi connectivity index (χ2n) is 5.00. The van der Waals surface area contributed by atoms with E-state index in [2.05, 4.69) is 0 Å². The van der Waals surface area contributed by atoms with E-state index in [4.69, 9.17) is 4.74 Å². The lowest BCUT2D eigenvalue weighted by atomic mass is 10.1. The number of benzene rings is 2. The molecule has 1 fully saturated rings. The average molecular weight is 300 g/mol. The molecule has 0 amide bonds. The lowest BCUT2D eigenvalue weighted by Crippen LogP contribution is -1.99. The van der Waals surface area contributed by atoms with Crippen molar-refractivity contribution in [1.82, 2.24) is 0 Å². The van der Waals surface area contributed by atoms with Crippen molar-refractivity contribution < 1.29 is 13.2 Å². The highest BCUT2D eigenvalue weighted by molar-refractivity contribution is 7.94. The molecule has 1 heterocycles. The maximum absolute atomic E-state index is 12.3. The van der Waals surface area contributed by atoms with E-state index in [1.54, 1.807) is 30.3 Å². The van der Waals surface area contributed by atoms with Gasteiger partial charge in [0.1, 0.15) is 11.9 Å². The molecule has 21 heavy (non-hydrogen) atoms. The van der Waals surface area contributed by atoms with Gasteiger partial charge in [-0.1, -0.05) is 48.5 Å². The minimum absolute atomic E-state index is 0.0524. The largest absolute Gasteiger partial charge is 0.489 e. The minimum Gasteiger partial charge on any atom is -0.489 e. The van der Waals surface area contributed by atoms with Crippen molar-refractivity contribution in [1.29, 1.82) is 0 Å². The second-order valence-corrected chi connectivity index (χ2v) is 6.80. The lowest BCUT2D eigenvalue weighted by Gasteiger charge is -2.10. The Hall–Kier alpha value is -2.07. The van der Waals surface area contributed by atoms with Crippen LogP contribution < -0.4 is 0 Å². The molecule has 108 valence electrons. The van der Waals surface area contributed by atoms with Crippen molar-refractivity contribution in [3.8, 4) is 0 Å². The van der Waals surface area contributed by atoms with Gasteiger partial charge in [0.2, 0.25) is 9.84 Å². The Bertz CT molecular complexity index is 734. The predicted octanol–water partition coefficient (Wildman–Crippen LogP) is 3.85. The van der Waals surface area contributed by atoms with Gasteiger partial charge in [-0.25, -0.2) is 8.42 Å². The lowest BCUT2D eigenvalue weighted by molar-refractivity contribution is 0.163. The summed E-state index contributed by atoms with van der Waals surface area (Å²) in [7, 11) is -3.44. The Morgan fingerprint density at radius 3 is 2.24 bits per heavy atom. The van der Waals surface area contributed by atoms with Crippen LogP contribution in [0.5, 0.6) is 0 Å². The van der Waals surface area contributed by atoms with Crippen LogP contribution >= 0.6 is 0 Å². The summed E-state index contributed by atoms with van der Waals surface area (Å²) in [5.74, 6) is 0.535. The fraction of sp³-hybridized carbons (Fsp3) is 0.176. The van der Waals surface area contributed by atoms with Crippen LogP contribution in [0.1, 0.15) is 24.5 Å². The van der Waals surface area contributed by atoms with E-state index in [1.165, 1.54) is 5.41 Å². The molecule has 0 bridgehead atoms. The summed E-state index contributed by atoms with van der Waals surface area (Å²) in [6, 6.07) is 18.3. The minimum atomic E-state index is -3.44. The molecule has 0 spiro atoms. The van der Waals surface area contributed by atoms with Crippen LogP contribution in [-0.2, 0) is 14.6 Å². The van der Waals surface area contributed by atoms with Crippen LogP contribution in [-0.4, -0.2) is 8.42 Å². The third-order valence-corrected chi connectivity index (χ3v) is 4.98. The molecule has 2 aromatic rings. The van der Waals surface area contributed by atoms with E-state index < -0.39 is 9.84 Å². The molecule has 1 aliphatic rings. The van der Waals surface area contributed by atoms with Crippen molar-refractivity contribution in [3.05, 3.63) is 77.4 Å². The molecule has 0 aliphatic carbocycles. The first-order valence-electron chi connectivity index (χ1n) is 6.87. The summed E-state index contributed by atoms with van der Waals surface area (Å²) in [4.78, 5) is 0.296. The van der Waals surface area contributed by atoms with E-state index >= 15 is 0 Å². The van der Waals surface area contributed by atoms with Crippen LogP contribution in [0.25, 0.3) is 0 Å². The van der Waals surface area contributed by atoms with Gasteiger partial charge in [0.25, 0.3) is 0 Å². The Morgan fingerprint density at radius 1 is 0.952 bits per heavy atom. The van der Waals surface area contributed by atoms with Gasteiger partial charge in [0.05, 0.1) is 10.3 Å². The molecule has 4 heteroatoms. The number of rotatable bonds is 3. The molecule has 2 aromatic carbocycles. The van der Waals surface area contributed by atoms with E-state index in [-0.39, 0.29) is 6.10 Å². The number of allylic oxidation sites excluding steroid dienone is 1. The van der Waals surface area contributed by atoms with Crippen LogP contribution in [0.2, 0.25) is 0 Å². The zero-order chi connectivity index (χ0) is 14.7. The van der Waals surface area contributed by atoms with Crippen LogP contribution in [0.3, 0.4) is 0 Å². The van der Waals surface area contributed by atoms with Crippen molar-refractivity contribution in [2.75, 3.05) is 0 Å². The number of hydrogen-bond donors (Lipinski definition) is 0. The predicted molar refractivity (Wildman–Crippen MR) is 81.2 cm³/mol. The van der Waals surface area contributed by atoms with Crippen molar-refractivity contribution >= 4 is 9.84 Å². The monoisotopic (exact) mass is 300 g/mol. The molecule has 0 N–H and O–H groups in total. The highest BCUT2D eigenvalue weighted by atomic mass is 32.2. The van der Waals surface area contributed by atoms with Crippen LogP contribution in [0.4, 0.5) is 0 Å². The summed E-state index contributed by atoms with van der Waals surface area (Å²) in [5.41, 5.74) is 1.08. The van der Waals surface area contributed by atoms with Gasteiger partial charge >= 0.3 is 0 Å². The van der Waals surface area contributed by atoms with Crippen molar-refractivity contribution in [3.63, 3.8) is 0 Å². The fourth-order valence-corrected chi connectivity index (χ4v) is 3.61. The summed E-state index contributed by atoms with van der Waals surface area (Å²) in [6.45, 7) is 0. The SMILES string of the molecule is O=S(=O)(/C=C1\CCC(c2ccccc2)O1)c1ccccc1. The van der Waals surface area contributed by atoms with E-state index in [9.17, 15) is 8.42 Å². The van der Waals surface area contributed by atoms with Gasteiger partial charge in [-0.05, 0) is 24.1 Å².